The number of ether oxygens (including phenoxy) is 1. The minimum atomic E-state index is -0.202. The minimum Gasteiger partial charge on any atom is -0.380 e. The van der Waals surface area contributed by atoms with Gasteiger partial charge in [0, 0.05) is 45.6 Å². The average molecular weight is 240 g/mol. The number of methoxy groups -OCH3 is 1. The Morgan fingerprint density at radius 2 is 2.47 bits per heavy atom. The van der Waals surface area contributed by atoms with Crippen molar-refractivity contribution in [3.8, 4) is 0 Å². The van der Waals surface area contributed by atoms with Crippen LogP contribution in [0.1, 0.15) is 12.1 Å². The second-order valence-corrected chi connectivity index (χ2v) is 3.84. The van der Waals surface area contributed by atoms with Crippen molar-refractivity contribution in [1.82, 2.24) is 15.1 Å². The van der Waals surface area contributed by atoms with Crippen LogP contribution >= 0.6 is 0 Å². The number of rotatable bonds is 7. The highest BCUT2D eigenvalue weighted by atomic mass is 16.5. The molecule has 1 aromatic heterocycles. The smallest absolute Gasteiger partial charge is 0.222 e. The van der Waals surface area contributed by atoms with Crippen LogP contribution in [-0.4, -0.2) is 42.0 Å². The molecule has 96 valence electrons. The zero-order chi connectivity index (χ0) is 12.7. The molecule has 17 heavy (non-hydrogen) atoms. The van der Waals surface area contributed by atoms with Gasteiger partial charge in [-0.2, -0.15) is 5.10 Å². The molecule has 1 rings (SSSR count). The molecule has 0 radical (unpaired) electrons. The predicted octanol–water partition coefficient (Wildman–Crippen LogP) is -0.557. The average Bonchev–Trinajstić information content (AvgIpc) is 2.72. The first-order valence-electron chi connectivity index (χ1n) is 5.63. The molecule has 1 unspecified atom stereocenters. The molecular weight excluding hydrogens is 220 g/mol. The van der Waals surface area contributed by atoms with E-state index in [2.05, 4.69) is 10.4 Å². The highest BCUT2D eigenvalue weighted by molar-refractivity contribution is 5.76. The molecule has 3 N–H and O–H groups in total. The Hall–Kier alpha value is -1.40. The van der Waals surface area contributed by atoms with Crippen molar-refractivity contribution in [3.05, 3.63) is 18.0 Å². The summed E-state index contributed by atoms with van der Waals surface area (Å²) in [5, 5.41) is 6.89. The van der Waals surface area contributed by atoms with E-state index >= 15 is 0 Å². The van der Waals surface area contributed by atoms with E-state index in [1.165, 1.54) is 0 Å². The molecule has 1 heterocycles. The summed E-state index contributed by atoms with van der Waals surface area (Å²) in [7, 11) is 3.44. The maximum absolute atomic E-state index is 11.5. The molecule has 0 saturated carbocycles. The normalized spacial score (nSPS) is 12.4. The van der Waals surface area contributed by atoms with Gasteiger partial charge in [0.25, 0.3) is 0 Å². The Kier molecular flexibility index (Phi) is 5.65. The molecule has 0 spiro atoms. The standard InChI is InChI=1S/C11H20N4O2/c1-15-9(4-6-14-15)3-5-13-11(16)7-10(8-12)17-2/h4,6,10H,3,5,7-8,12H2,1-2H3,(H,13,16). The molecule has 0 aliphatic carbocycles. The molecule has 0 aliphatic rings. The van der Waals surface area contributed by atoms with E-state index in [0.29, 0.717) is 19.5 Å². The van der Waals surface area contributed by atoms with Crippen LogP contribution in [0.2, 0.25) is 0 Å². The van der Waals surface area contributed by atoms with Crippen molar-refractivity contribution in [2.75, 3.05) is 20.2 Å². The lowest BCUT2D eigenvalue weighted by molar-refractivity contribution is -0.123. The number of amides is 1. The third-order valence-corrected chi connectivity index (χ3v) is 2.64. The van der Waals surface area contributed by atoms with E-state index in [1.54, 1.807) is 18.0 Å². The van der Waals surface area contributed by atoms with Crippen LogP contribution in [0.5, 0.6) is 0 Å². The fourth-order valence-corrected chi connectivity index (χ4v) is 1.52. The van der Waals surface area contributed by atoms with Crippen molar-refractivity contribution in [3.63, 3.8) is 0 Å². The summed E-state index contributed by atoms with van der Waals surface area (Å²) in [5.41, 5.74) is 6.53. The molecule has 0 saturated heterocycles. The Bertz CT molecular complexity index is 347. The number of carbonyl (C=O) groups is 1. The summed E-state index contributed by atoms with van der Waals surface area (Å²) in [4.78, 5) is 11.5. The third-order valence-electron chi connectivity index (χ3n) is 2.64. The number of hydrogen-bond donors (Lipinski definition) is 2. The molecule has 1 amide bonds. The maximum atomic E-state index is 11.5. The van der Waals surface area contributed by atoms with E-state index in [9.17, 15) is 4.79 Å². The van der Waals surface area contributed by atoms with Gasteiger partial charge >= 0.3 is 0 Å². The molecule has 0 fully saturated rings. The molecule has 0 bridgehead atoms. The van der Waals surface area contributed by atoms with Gasteiger partial charge in [0.05, 0.1) is 12.5 Å². The second kappa shape index (κ2) is 7.03. The van der Waals surface area contributed by atoms with Crippen LogP contribution in [0.15, 0.2) is 12.3 Å². The summed E-state index contributed by atoms with van der Waals surface area (Å²) in [6, 6.07) is 1.93. The zero-order valence-electron chi connectivity index (χ0n) is 10.3. The number of nitrogens with zero attached hydrogens (tertiary/aromatic N) is 2. The first-order chi connectivity index (χ1) is 8.17. The van der Waals surface area contributed by atoms with E-state index in [0.717, 1.165) is 12.1 Å². The molecule has 6 nitrogen and oxygen atoms in total. The van der Waals surface area contributed by atoms with Crippen molar-refractivity contribution >= 4 is 5.91 Å². The van der Waals surface area contributed by atoms with Crippen LogP contribution in [0.25, 0.3) is 0 Å². The second-order valence-electron chi connectivity index (χ2n) is 3.84. The minimum absolute atomic E-state index is 0.0375. The summed E-state index contributed by atoms with van der Waals surface area (Å²) in [6.07, 6.45) is 2.61. The van der Waals surface area contributed by atoms with Crippen LogP contribution in [0, 0.1) is 0 Å². The van der Waals surface area contributed by atoms with Crippen LogP contribution in [0.3, 0.4) is 0 Å². The SMILES string of the molecule is COC(CN)CC(=O)NCCc1ccnn1C. The van der Waals surface area contributed by atoms with E-state index < -0.39 is 0 Å². The number of nitrogens with two attached hydrogens (primary N) is 1. The highest BCUT2D eigenvalue weighted by Crippen LogP contribution is 1.97. The van der Waals surface area contributed by atoms with E-state index in [-0.39, 0.29) is 12.0 Å². The highest BCUT2D eigenvalue weighted by Gasteiger charge is 2.10. The maximum Gasteiger partial charge on any atom is 0.222 e. The Morgan fingerprint density at radius 3 is 3.00 bits per heavy atom. The van der Waals surface area contributed by atoms with Crippen molar-refractivity contribution < 1.29 is 9.53 Å². The van der Waals surface area contributed by atoms with Gasteiger partial charge in [-0.25, -0.2) is 0 Å². The van der Waals surface area contributed by atoms with Gasteiger partial charge in [-0.15, -0.1) is 0 Å². The topological polar surface area (TPSA) is 82.2 Å². The number of aryl methyl sites for hydroxylation is 1. The Balaban J connectivity index is 2.22. The summed E-state index contributed by atoms with van der Waals surface area (Å²) < 4.78 is 6.84. The lowest BCUT2D eigenvalue weighted by Crippen LogP contribution is -2.33. The van der Waals surface area contributed by atoms with Gasteiger partial charge in [-0.05, 0) is 6.07 Å². The van der Waals surface area contributed by atoms with Crippen LogP contribution in [-0.2, 0) is 23.0 Å². The fourth-order valence-electron chi connectivity index (χ4n) is 1.52. The predicted molar refractivity (Wildman–Crippen MR) is 64.4 cm³/mol. The van der Waals surface area contributed by atoms with Gasteiger partial charge in [-0.3, -0.25) is 9.48 Å². The van der Waals surface area contributed by atoms with Gasteiger partial charge in [0.1, 0.15) is 0 Å². The zero-order valence-corrected chi connectivity index (χ0v) is 10.3. The molecule has 1 atom stereocenters. The summed E-state index contributed by atoms with van der Waals surface area (Å²) in [5.74, 6) is -0.0375. The van der Waals surface area contributed by atoms with Crippen molar-refractivity contribution in [2.24, 2.45) is 12.8 Å². The lowest BCUT2D eigenvalue weighted by Gasteiger charge is -2.12. The van der Waals surface area contributed by atoms with Crippen molar-refractivity contribution in [2.45, 2.75) is 18.9 Å². The van der Waals surface area contributed by atoms with Gasteiger partial charge in [-0.1, -0.05) is 0 Å². The van der Waals surface area contributed by atoms with Crippen LogP contribution in [0.4, 0.5) is 0 Å². The largest absolute Gasteiger partial charge is 0.380 e. The Morgan fingerprint density at radius 1 is 1.71 bits per heavy atom. The van der Waals surface area contributed by atoms with E-state index in [4.69, 9.17) is 10.5 Å². The van der Waals surface area contributed by atoms with Gasteiger partial charge in [0.2, 0.25) is 5.91 Å². The number of hydrogen-bond acceptors (Lipinski definition) is 4. The number of aromatic nitrogens is 2. The van der Waals surface area contributed by atoms with E-state index in [1.807, 2.05) is 13.1 Å². The summed E-state index contributed by atoms with van der Waals surface area (Å²) in [6.45, 7) is 0.949. The third kappa shape index (κ3) is 4.54. The molecule has 6 heteroatoms. The fraction of sp³-hybridized carbons (Fsp3) is 0.636. The van der Waals surface area contributed by atoms with Gasteiger partial charge in [0.15, 0.2) is 0 Å². The molecule has 0 aliphatic heterocycles. The quantitative estimate of drug-likeness (QED) is 0.669. The first-order valence-corrected chi connectivity index (χ1v) is 5.63. The molecule has 0 aromatic carbocycles. The Labute approximate surface area is 101 Å². The molecule has 1 aromatic rings. The number of nitrogens with one attached hydrogen (secondary N) is 1. The summed E-state index contributed by atoms with van der Waals surface area (Å²) >= 11 is 0. The molecular formula is C11H20N4O2. The lowest BCUT2D eigenvalue weighted by atomic mass is 10.2. The van der Waals surface area contributed by atoms with Gasteiger partial charge < -0.3 is 15.8 Å². The monoisotopic (exact) mass is 240 g/mol. The number of carbonyl (C=O) groups excluding carboxylic acids is 1. The van der Waals surface area contributed by atoms with Crippen molar-refractivity contribution in [1.29, 1.82) is 0 Å². The van der Waals surface area contributed by atoms with Crippen LogP contribution < -0.4 is 11.1 Å². The first kappa shape index (κ1) is 13.7.